The van der Waals surface area contributed by atoms with Gasteiger partial charge in [-0.15, -0.1) is 0 Å². The average molecular weight is 350 g/mol. The molecule has 0 unspecified atom stereocenters. The second-order valence-corrected chi connectivity index (χ2v) is 7.58. The summed E-state index contributed by atoms with van der Waals surface area (Å²) in [6.45, 7) is 4.65. The highest BCUT2D eigenvalue weighted by Gasteiger charge is 2.41. The molecule has 25 heavy (non-hydrogen) atoms. The third-order valence-electron chi connectivity index (χ3n) is 5.24. The van der Waals surface area contributed by atoms with Crippen molar-refractivity contribution in [2.24, 2.45) is 5.41 Å². The van der Waals surface area contributed by atoms with E-state index in [1.807, 2.05) is 20.2 Å². The van der Waals surface area contributed by atoms with Gasteiger partial charge in [0.25, 0.3) is 0 Å². The molecular formula is C18H30N4O3. The fourth-order valence-electron chi connectivity index (χ4n) is 3.68. The lowest BCUT2D eigenvalue weighted by atomic mass is 9.76. The first-order valence-corrected chi connectivity index (χ1v) is 9.26. The number of carbonyl (C=O) groups excluding carboxylic acids is 1. The highest BCUT2D eigenvalue weighted by molar-refractivity contribution is 5.83. The van der Waals surface area contributed by atoms with Gasteiger partial charge in [-0.3, -0.25) is 4.79 Å². The molecule has 2 saturated heterocycles. The van der Waals surface area contributed by atoms with Crippen molar-refractivity contribution < 1.29 is 14.1 Å². The lowest BCUT2D eigenvalue weighted by Gasteiger charge is -2.35. The molecule has 3 heterocycles. The first-order chi connectivity index (χ1) is 12.1. The van der Waals surface area contributed by atoms with Crippen molar-refractivity contribution >= 4 is 5.91 Å². The quantitative estimate of drug-likeness (QED) is 0.756. The number of nitrogens with one attached hydrogen (secondary N) is 2. The van der Waals surface area contributed by atoms with Gasteiger partial charge in [-0.2, -0.15) is 0 Å². The molecule has 0 radical (unpaired) electrons. The molecule has 2 aliphatic rings. The van der Waals surface area contributed by atoms with Gasteiger partial charge >= 0.3 is 0 Å². The van der Waals surface area contributed by atoms with E-state index >= 15 is 0 Å². The van der Waals surface area contributed by atoms with Gasteiger partial charge < -0.3 is 24.8 Å². The first-order valence-electron chi connectivity index (χ1n) is 9.26. The minimum atomic E-state index is -0.451. The Hall–Kier alpha value is -1.44. The van der Waals surface area contributed by atoms with E-state index in [0.29, 0.717) is 32.0 Å². The zero-order chi connectivity index (χ0) is 17.7. The van der Waals surface area contributed by atoms with Crippen LogP contribution in [-0.4, -0.2) is 69.5 Å². The SMILES string of the molecule is CN(C)CCNC(=O)[C@]1(Cc2cc([C@@H]3CCOC3)no2)CCCNC1. The van der Waals surface area contributed by atoms with Gasteiger partial charge in [0.1, 0.15) is 5.76 Å². The number of amides is 1. The van der Waals surface area contributed by atoms with Crippen molar-refractivity contribution in [2.75, 3.05) is 53.5 Å². The molecule has 2 N–H and O–H groups in total. The Morgan fingerprint density at radius 2 is 2.40 bits per heavy atom. The van der Waals surface area contributed by atoms with E-state index in [-0.39, 0.29) is 5.91 Å². The Labute approximate surface area is 149 Å². The zero-order valence-electron chi connectivity index (χ0n) is 15.3. The number of nitrogens with zero attached hydrogens (tertiary/aromatic N) is 2. The van der Waals surface area contributed by atoms with Gasteiger partial charge in [-0.1, -0.05) is 5.16 Å². The van der Waals surface area contributed by atoms with Crippen molar-refractivity contribution in [1.82, 2.24) is 20.7 Å². The van der Waals surface area contributed by atoms with E-state index in [0.717, 1.165) is 50.4 Å². The second kappa shape index (κ2) is 8.29. The van der Waals surface area contributed by atoms with Crippen LogP contribution in [0.3, 0.4) is 0 Å². The van der Waals surface area contributed by atoms with Crippen molar-refractivity contribution in [2.45, 2.75) is 31.6 Å². The van der Waals surface area contributed by atoms with Gasteiger partial charge in [0, 0.05) is 44.6 Å². The van der Waals surface area contributed by atoms with E-state index in [2.05, 4.69) is 20.7 Å². The van der Waals surface area contributed by atoms with Crippen molar-refractivity contribution in [3.05, 3.63) is 17.5 Å². The maximum atomic E-state index is 12.9. The van der Waals surface area contributed by atoms with Crippen LogP contribution in [0.2, 0.25) is 0 Å². The Morgan fingerprint density at radius 3 is 3.08 bits per heavy atom. The van der Waals surface area contributed by atoms with E-state index in [9.17, 15) is 4.79 Å². The maximum Gasteiger partial charge on any atom is 0.228 e. The summed E-state index contributed by atoms with van der Waals surface area (Å²) in [4.78, 5) is 15.0. The highest BCUT2D eigenvalue weighted by atomic mass is 16.5. The summed E-state index contributed by atoms with van der Waals surface area (Å²) in [6.07, 6.45) is 3.45. The largest absolute Gasteiger partial charge is 0.381 e. The summed E-state index contributed by atoms with van der Waals surface area (Å²) in [5, 5.41) is 10.7. The van der Waals surface area contributed by atoms with E-state index in [1.54, 1.807) is 0 Å². The summed E-state index contributed by atoms with van der Waals surface area (Å²) >= 11 is 0. The van der Waals surface area contributed by atoms with Crippen molar-refractivity contribution in [3.63, 3.8) is 0 Å². The molecule has 1 aromatic heterocycles. The normalized spacial score (nSPS) is 26.9. The summed E-state index contributed by atoms with van der Waals surface area (Å²) in [5.41, 5.74) is 0.507. The monoisotopic (exact) mass is 350 g/mol. The smallest absolute Gasteiger partial charge is 0.228 e. The summed E-state index contributed by atoms with van der Waals surface area (Å²) < 4.78 is 11.0. The lowest BCUT2D eigenvalue weighted by molar-refractivity contribution is -0.132. The molecule has 2 aliphatic heterocycles. The van der Waals surface area contributed by atoms with E-state index in [4.69, 9.17) is 9.26 Å². The molecule has 1 aromatic rings. The van der Waals surface area contributed by atoms with Crippen LogP contribution in [-0.2, 0) is 16.0 Å². The zero-order valence-corrected chi connectivity index (χ0v) is 15.3. The van der Waals surface area contributed by atoms with Gasteiger partial charge in [-0.25, -0.2) is 0 Å². The molecule has 2 atom stereocenters. The molecule has 0 bridgehead atoms. The van der Waals surface area contributed by atoms with Gasteiger partial charge in [0.15, 0.2) is 0 Å². The van der Waals surface area contributed by atoms with Crippen LogP contribution >= 0.6 is 0 Å². The standard InChI is InChI=1S/C18H30N4O3/c1-22(2)8-7-20-17(23)18(5-3-6-19-13-18)11-15-10-16(21-25-15)14-4-9-24-12-14/h10,14,19H,3-9,11-13H2,1-2H3,(H,20,23)/t14-,18+/m1/s1. The van der Waals surface area contributed by atoms with E-state index in [1.165, 1.54) is 0 Å². The van der Waals surface area contributed by atoms with Crippen LogP contribution in [0.1, 0.15) is 36.6 Å². The molecule has 0 aromatic carbocycles. The van der Waals surface area contributed by atoms with Gasteiger partial charge in [-0.05, 0) is 39.9 Å². The van der Waals surface area contributed by atoms with Crippen LogP contribution in [0.4, 0.5) is 0 Å². The number of likely N-dealkylation sites (N-methyl/N-ethyl adjacent to an activating group) is 1. The van der Waals surface area contributed by atoms with Crippen molar-refractivity contribution in [3.8, 4) is 0 Å². The van der Waals surface area contributed by atoms with Crippen LogP contribution in [0.25, 0.3) is 0 Å². The Morgan fingerprint density at radius 1 is 1.52 bits per heavy atom. The minimum Gasteiger partial charge on any atom is -0.381 e. The Balaban J connectivity index is 1.66. The van der Waals surface area contributed by atoms with Crippen LogP contribution < -0.4 is 10.6 Å². The number of carbonyl (C=O) groups is 1. The molecule has 0 saturated carbocycles. The molecule has 140 valence electrons. The summed E-state index contributed by atoms with van der Waals surface area (Å²) in [7, 11) is 4.01. The van der Waals surface area contributed by atoms with Crippen LogP contribution in [0.5, 0.6) is 0 Å². The minimum absolute atomic E-state index is 0.115. The first kappa shape index (κ1) is 18.4. The third-order valence-corrected chi connectivity index (χ3v) is 5.24. The van der Waals surface area contributed by atoms with Crippen LogP contribution in [0, 0.1) is 5.41 Å². The number of piperidine rings is 1. The molecule has 7 heteroatoms. The number of aromatic nitrogens is 1. The van der Waals surface area contributed by atoms with Gasteiger partial charge in [0.2, 0.25) is 5.91 Å². The molecule has 7 nitrogen and oxygen atoms in total. The number of rotatable bonds is 7. The molecule has 3 rings (SSSR count). The number of hydrogen-bond acceptors (Lipinski definition) is 6. The number of ether oxygens (including phenoxy) is 1. The predicted molar refractivity (Wildman–Crippen MR) is 94.5 cm³/mol. The lowest BCUT2D eigenvalue weighted by Crippen LogP contribution is -2.52. The maximum absolute atomic E-state index is 12.9. The number of hydrogen-bond donors (Lipinski definition) is 2. The predicted octanol–water partition coefficient (Wildman–Crippen LogP) is 0.769. The molecule has 2 fully saturated rings. The molecular weight excluding hydrogens is 320 g/mol. The Kier molecular flexibility index (Phi) is 6.09. The fraction of sp³-hybridized carbons (Fsp3) is 0.778. The van der Waals surface area contributed by atoms with Crippen molar-refractivity contribution in [1.29, 1.82) is 0 Å². The average Bonchev–Trinajstić information content (AvgIpc) is 3.26. The highest BCUT2D eigenvalue weighted by Crippen LogP contribution is 2.33. The Bertz CT molecular complexity index is 560. The topological polar surface area (TPSA) is 79.6 Å². The third kappa shape index (κ3) is 4.59. The van der Waals surface area contributed by atoms with Crippen LogP contribution in [0.15, 0.2) is 10.6 Å². The molecule has 0 aliphatic carbocycles. The second-order valence-electron chi connectivity index (χ2n) is 7.58. The molecule has 1 amide bonds. The molecule has 0 spiro atoms. The summed E-state index contributed by atoms with van der Waals surface area (Å²) in [6, 6.07) is 2.02. The van der Waals surface area contributed by atoms with E-state index < -0.39 is 5.41 Å². The van der Waals surface area contributed by atoms with Gasteiger partial charge in [0.05, 0.1) is 17.7 Å². The summed E-state index contributed by atoms with van der Waals surface area (Å²) in [5.74, 6) is 1.24. The fourth-order valence-corrected chi connectivity index (χ4v) is 3.68.